The van der Waals surface area contributed by atoms with Crippen LogP contribution in [0.15, 0.2) is 0 Å². The molecule has 0 saturated heterocycles. The van der Waals surface area contributed by atoms with Crippen LogP contribution in [0.3, 0.4) is 0 Å². The second kappa shape index (κ2) is 11.4. The van der Waals surface area contributed by atoms with Crippen LogP contribution in [-0.2, 0) is 19.6 Å². The third-order valence-corrected chi connectivity index (χ3v) is 7.29. The average molecular weight is 397 g/mol. The van der Waals surface area contributed by atoms with Crippen molar-refractivity contribution in [3.05, 3.63) is 0 Å². The van der Waals surface area contributed by atoms with Gasteiger partial charge in [-0.2, -0.15) is 0 Å². The molecule has 0 bridgehead atoms. The highest BCUT2D eigenvalue weighted by molar-refractivity contribution is 7.90. The van der Waals surface area contributed by atoms with E-state index >= 15 is 0 Å². The fourth-order valence-corrected chi connectivity index (χ4v) is 5.71. The molecule has 25 heavy (non-hydrogen) atoms. The minimum Gasteiger partial charge on any atom is -0.469 e. The molecule has 8 heteroatoms. The van der Waals surface area contributed by atoms with Crippen LogP contribution in [0.5, 0.6) is 0 Å². The van der Waals surface area contributed by atoms with E-state index in [0.29, 0.717) is 32.0 Å². The van der Waals surface area contributed by atoms with Gasteiger partial charge in [-0.3, -0.25) is 4.79 Å². The van der Waals surface area contributed by atoms with E-state index in [4.69, 9.17) is 4.74 Å². The first-order chi connectivity index (χ1) is 11.5. The lowest BCUT2D eigenvalue weighted by atomic mass is 9.89. The predicted molar refractivity (Wildman–Crippen MR) is 101 cm³/mol. The average Bonchev–Trinajstić information content (AvgIpc) is 2.87. The van der Waals surface area contributed by atoms with Crippen LogP contribution in [0.2, 0.25) is 0 Å². The quantitative estimate of drug-likeness (QED) is 0.392. The third-order valence-electron chi connectivity index (χ3n) is 5.32. The highest BCUT2D eigenvalue weighted by Gasteiger charge is 2.40. The molecule has 2 atom stereocenters. The molecule has 0 aromatic heterocycles. The summed E-state index contributed by atoms with van der Waals surface area (Å²) >= 11 is 0. The number of esters is 1. The second-order valence-corrected chi connectivity index (χ2v) is 9.02. The molecular weight excluding hydrogens is 364 g/mol. The van der Waals surface area contributed by atoms with Crippen molar-refractivity contribution in [2.24, 2.45) is 5.92 Å². The summed E-state index contributed by atoms with van der Waals surface area (Å²) in [5, 5.41) is 2.81. The van der Waals surface area contributed by atoms with Crippen molar-refractivity contribution in [1.82, 2.24) is 10.0 Å². The largest absolute Gasteiger partial charge is 0.469 e. The van der Waals surface area contributed by atoms with E-state index in [1.54, 1.807) is 0 Å². The molecule has 0 spiro atoms. The Labute approximate surface area is 158 Å². The van der Waals surface area contributed by atoms with Gasteiger partial charge in [0.2, 0.25) is 10.0 Å². The minimum atomic E-state index is -3.49. The molecule has 2 aliphatic carbocycles. The van der Waals surface area contributed by atoms with Gasteiger partial charge in [0, 0.05) is 19.1 Å². The molecule has 6 nitrogen and oxygen atoms in total. The van der Waals surface area contributed by atoms with Gasteiger partial charge in [0.1, 0.15) is 0 Å². The van der Waals surface area contributed by atoms with Gasteiger partial charge in [0.15, 0.2) is 0 Å². The highest BCUT2D eigenvalue weighted by Crippen LogP contribution is 2.30. The van der Waals surface area contributed by atoms with Gasteiger partial charge < -0.3 is 10.1 Å². The molecule has 0 radical (unpaired) electrons. The molecule has 2 aliphatic rings. The molecule has 2 fully saturated rings. The van der Waals surface area contributed by atoms with E-state index < -0.39 is 27.2 Å². The van der Waals surface area contributed by atoms with Crippen LogP contribution >= 0.6 is 12.4 Å². The van der Waals surface area contributed by atoms with E-state index in [9.17, 15) is 13.2 Å². The normalized spacial score (nSPS) is 25.6. The number of hydrogen-bond acceptors (Lipinski definition) is 5. The van der Waals surface area contributed by atoms with Crippen molar-refractivity contribution in [3.63, 3.8) is 0 Å². The van der Waals surface area contributed by atoms with Crippen LogP contribution in [-0.4, -0.2) is 45.9 Å². The van der Waals surface area contributed by atoms with Gasteiger partial charge in [-0.1, -0.05) is 38.5 Å². The summed E-state index contributed by atoms with van der Waals surface area (Å²) in [5.74, 6) is -0.933. The summed E-state index contributed by atoms with van der Waals surface area (Å²) in [5.41, 5.74) is 0. The van der Waals surface area contributed by atoms with Crippen LogP contribution in [0.25, 0.3) is 0 Å². The third kappa shape index (κ3) is 7.04. The molecule has 0 amide bonds. The van der Waals surface area contributed by atoms with Crippen LogP contribution in [0, 0.1) is 5.92 Å². The molecular formula is C17H33ClN2O4S. The fraction of sp³-hybridized carbons (Fsp3) is 0.941. The zero-order valence-electron chi connectivity index (χ0n) is 15.2. The number of rotatable bonds is 7. The Morgan fingerprint density at radius 1 is 0.960 bits per heavy atom. The molecule has 148 valence electrons. The lowest BCUT2D eigenvalue weighted by Gasteiger charge is -2.29. The SMILES string of the molecule is COC(=O)C1CCCCC1S(=O)(=O)NCCNC1CCCCCC1.Cl. The van der Waals surface area contributed by atoms with Crippen LogP contribution < -0.4 is 10.0 Å². The van der Waals surface area contributed by atoms with Crippen molar-refractivity contribution in [1.29, 1.82) is 0 Å². The molecule has 2 rings (SSSR count). The van der Waals surface area contributed by atoms with Crippen molar-refractivity contribution in [2.75, 3.05) is 20.2 Å². The Morgan fingerprint density at radius 3 is 2.20 bits per heavy atom. The number of carbonyl (C=O) groups is 1. The van der Waals surface area contributed by atoms with Crippen LogP contribution in [0.4, 0.5) is 0 Å². The molecule has 2 N–H and O–H groups in total. The first-order valence-corrected chi connectivity index (χ1v) is 10.9. The topological polar surface area (TPSA) is 84.5 Å². The molecule has 0 aromatic rings. The lowest BCUT2D eigenvalue weighted by molar-refractivity contribution is -0.146. The number of sulfonamides is 1. The smallest absolute Gasteiger partial charge is 0.310 e. The number of methoxy groups -OCH3 is 1. The van der Waals surface area contributed by atoms with E-state index in [1.807, 2.05) is 0 Å². The maximum atomic E-state index is 12.6. The first-order valence-electron chi connectivity index (χ1n) is 9.34. The molecule has 0 heterocycles. The fourth-order valence-electron chi connectivity index (χ4n) is 3.95. The molecule has 0 aliphatic heterocycles. The molecule has 2 unspecified atom stereocenters. The van der Waals surface area contributed by atoms with Gasteiger partial charge in [-0.05, 0) is 25.7 Å². The Balaban J connectivity index is 0.00000312. The van der Waals surface area contributed by atoms with E-state index in [0.717, 1.165) is 12.8 Å². The first kappa shape index (κ1) is 22.7. The Hall–Kier alpha value is -0.370. The Kier molecular flexibility index (Phi) is 10.3. The summed E-state index contributed by atoms with van der Waals surface area (Å²) in [6, 6.07) is 0.509. The molecule has 0 aromatic carbocycles. The summed E-state index contributed by atoms with van der Waals surface area (Å²) in [7, 11) is -2.16. The summed E-state index contributed by atoms with van der Waals surface area (Å²) in [4.78, 5) is 11.9. The number of ether oxygens (including phenoxy) is 1. The number of halogens is 1. The lowest BCUT2D eigenvalue weighted by Crippen LogP contribution is -2.46. The number of hydrogen-bond donors (Lipinski definition) is 2. The van der Waals surface area contributed by atoms with Crippen LogP contribution in [0.1, 0.15) is 64.2 Å². The summed E-state index contributed by atoms with van der Waals surface area (Å²) < 4.78 is 32.6. The van der Waals surface area contributed by atoms with Crippen molar-refractivity contribution in [3.8, 4) is 0 Å². The number of carbonyl (C=O) groups excluding carboxylic acids is 1. The minimum absolute atomic E-state index is 0. The van der Waals surface area contributed by atoms with Crippen molar-refractivity contribution in [2.45, 2.75) is 75.5 Å². The van der Waals surface area contributed by atoms with Gasteiger partial charge in [-0.25, -0.2) is 13.1 Å². The molecule has 2 saturated carbocycles. The standard InChI is InChI=1S/C17H32N2O4S.ClH/c1-23-17(20)15-10-6-7-11-16(15)24(21,22)19-13-12-18-14-8-4-2-3-5-9-14;/h14-16,18-19H,2-13H2,1H3;1H. The second-order valence-electron chi connectivity index (χ2n) is 7.03. The summed E-state index contributed by atoms with van der Waals surface area (Å²) in [6.07, 6.45) is 10.3. The zero-order chi connectivity index (χ0) is 17.4. The van der Waals surface area contributed by atoms with Gasteiger partial charge in [0.05, 0.1) is 18.3 Å². The Morgan fingerprint density at radius 2 is 1.56 bits per heavy atom. The van der Waals surface area contributed by atoms with Gasteiger partial charge in [0.25, 0.3) is 0 Å². The summed E-state index contributed by atoms with van der Waals surface area (Å²) in [6.45, 7) is 1.02. The van der Waals surface area contributed by atoms with E-state index in [-0.39, 0.29) is 12.4 Å². The predicted octanol–water partition coefficient (Wildman–Crippen LogP) is 2.37. The van der Waals surface area contributed by atoms with E-state index in [2.05, 4.69) is 10.0 Å². The van der Waals surface area contributed by atoms with Gasteiger partial charge >= 0.3 is 5.97 Å². The van der Waals surface area contributed by atoms with Gasteiger partial charge in [-0.15, -0.1) is 12.4 Å². The maximum Gasteiger partial charge on any atom is 0.310 e. The zero-order valence-corrected chi connectivity index (χ0v) is 16.8. The van der Waals surface area contributed by atoms with Crippen molar-refractivity contribution >= 4 is 28.4 Å². The highest BCUT2D eigenvalue weighted by atomic mass is 35.5. The number of nitrogens with one attached hydrogen (secondary N) is 2. The van der Waals surface area contributed by atoms with Crippen molar-refractivity contribution < 1.29 is 17.9 Å². The monoisotopic (exact) mass is 396 g/mol. The Bertz CT molecular complexity index is 493. The van der Waals surface area contributed by atoms with E-state index in [1.165, 1.54) is 45.6 Å². The maximum absolute atomic E-state index is 12.6.